The van der Waals surface area contributed by atoms with Gasteiger partial charge in [-0.3, -0.25) is 0 Å². The van der Waals surface area contributed by atoms with Gasteiger partial charge >= 0.3 is 6.03 Å². The molecule has 0 spiro atoms. The Labute approximate surface area is 138 Å². The van der Waals surface area contributed by atoms with Crippen LogP contribution in [0.2, 0.25) is 0 Å². The zero-order valence-corrected chi connectivity index (χ0v) is 13.5. The number of rotatable bonds is 5. The van der Waals surface area contributed by atoms with Gasteiger partial charge in [-0.1, -0.05) is 0 Å². The van der Waals surface area contributed by atoms with Gasteiger partial charge in [0.15, 0.2) is 0 Å². The molecule has 2 aromatic carbocycles. The highest BCUT2D eigenvalue weighted by Gasteiger charge is 2.16. The standard InChI is InChI=1S/C17H18F2N2O3/c1-10(13-9-12(23-2)5-7-16(13)24-3)20-17(22)21-15-6-4-11(18)8-14(15)19/h4-10H,1-3H3,(H2,20,21,22). The summed E-state index contributed by atoms with van der Waals surface area (Å²) in [5.74, 6) is -0.370. The molecule has 0 fully saturated rings. The second-order valence-electron chi connectivity index (χ2n) is 5.05. The number of nitrogens with one attached hydrogen (secondary N) is 2. The van der Waals surface area contributed by atoms with Crippen LogP contribution in [0, 0.1) is 11.6 Å². The summed E-state index contributed by atoms with van der Waals surface area (Å²) in [5.41, 5.74) is 0.588. The van der Waals surface area contributed by atoms with E-state index < -0.39 is 23.7 Å². The molecule has 0 aliphatic carbocycles. The fourth-order valence-electron chi connectivity index (χ4n) is 2.20. The van der Waals surface area contributed by atoms with Crippen molar-refractivity contribution in [2.75, 3.05) is 19.5 Å². The first kappa shape index (κ1) is 17.5. The summed E-state index contributed by atoms with van der Waals surface area (Å²) in [6, 6.07) is 7.06. The van der Waals surface area contributed by atoms with E-state index in [1.807, 2.05) is 0 Å². The molecule has 128 valence electrons. The van der Waals surface area contributed by atoms with Crippen molar-refractivity contribution in [3.8, 4) is 11.5 Å². The average molecular weight is 336 g/mol. The van der Waals surface area contributed by atoms with Crippen LogP contribution in [0.3, 0.4) is 0 Å². The van der Waals surface area contributed by atoms with Crippen molar-refractivity contribution in [1.82, 2.24) is 5.32 Å². The number of carbonyl (C=O) groups excluding carboxylic acids is 1. The minimum atomic E-state index is -0.850. The second kappa shape index (κ2) is 7.63. The van der Waals surface area contributed by atoms with Crippen molar-refractivity contribution < 1.29 is 23.0 Å². The SMILES string of the molecule is COc1ccc(OC)c(C(C)NC(=O)Nc2ccc(F)cc2F)c1. The van der Waals surface area contributed by atoms with Gasteiger partial charge in [-0.05, 0) is 37.3 Å². The molecule has 0 aliphatic rings. The lowest BCUT2D eigenvalue weighted by Crippen LogP contribution is -2.31. The number of methoxy groups -OCH3 is 2. The van der Waals surface area contributed by atoms with Gasteiger partial charge in [0.1, 0.15) is 23.1 Å². The molecular formula is C17H18F2N2O3. The molecule has 0 aromatic heterocycles. The van der Waals surface area contributed by atoms with E-state index in [0.717, 1.165) is 12.1 Å². The van der Waals surface area contributed by atoms with Crippen molar-refractivity contribution in [3.05, 3.63) is 53.6 Å². The van der Waals surface area contributed by atoms with Crippen LogP contribution in [0.15, 0.2) is 36.4 Å². The smallest absolute Gasteiger partial charge is 0.319 e. The third-order valence-electron chi connectivity index (χ3n) is 3.43. The lowest BCUT2D eigenvalue weighted by Gasteiger charge is -2.18. The Morgan fingerprint density at radius 1 is 1.08 bits per heavy atom. The van der Waals surface area contributed by atoms with E-state index in [2.05, 4.69) is 10.6 Å². The van der Waals surface area contributed by atoms with Crippen LogP contribution in [-0.4, -0.2) is 20.3 Å². The van der Waals surface area contributed by atoms with Gasteiger partial charge < -0.3 is 20.1 Å². The number of halogens is 2. The highest BCUT2D eigenvalue weighted by atomic mass is 19.1. The van der Waals surface area contributed by atoms with E-state index in [9.17, 15) is 13.6 Å². The lowest BCUT2D eigenvalue weighted by molar-refractivity contribution is 0.249. The molecular weight excluding hydrogens is 318 g/mol. The summed E-state index contributed by atoms with van der Waals surface area (Å²) < 4.78 is 36.9. The predicted octanol–water partition coefficient (Wildman–Crippen LogP) is 3.86. The molecule has 0 aliphatic heterocycles. The summed E-state index contributed by atoms with van der Waals surface area (Å²) in [4.78, 5) is 12.0. The van der Waals surface area contributed by atoms with E-state index in [0.29, 0.717) is 23.1 Å². The minimum absolute atomic E-state index is 0.112. The fraction of sp³-hybridized carbons (Fsp3) is 0.235. The molecule has 1 atom stereocenters. The van der Waals surface area contributed by atoms with Crippen LogP contribution in [0.1, 0.15) is 18.5 Å². The average Bonchev–Trinajstić information content (AvgIpc) is 2.56. The number of anilines is 1. The van der Waals surface area contributed by atoms with Gasteiger partial charge in [-0.15, -0.1) is 0 Å². The zero-order valence-electron chi connectivity index (χ0n) is 13.5. The molecule has 1 unspecified atom stereocenters. The van der Waals surface area contributed by atoms with Crippen LogP contribution in [0.4, 0.5) is 19.3 Å². The van der Waals surface area contributed by atoms with Crippen LogP contribution < -0.4 is 20.1 Å². The molecule has 2 N–H and O–H groups in total. The fourth-order valence-corrected chi connectivity index (χ4v) is 2.20. The van der Waals surface area contributed by atoms with E-state index in [4.69, 9.17) is 9.47 Å². The lowest BCUT2D eigenvalue weighted by atomic mass is 10.1. The first-order valence-corrected chi connectivity index (χ1v) is 7.19. The quantitative estimate of drug-likeness (QED) is 0.871. The van der Waals surface area contributed by atoms with Crippen molar-refractivity contribution in [3.63, 3.8) is 0 Å². The Hall–Kier alpha value is -2.83. The Balaban J connectivity index is 2.11. The molecule has 0 bridgehead atoms. The minimum Gasteiger partial charge on any atom is -0.497 e. The molecule has 0 heterocycles. The molecule has 0 saturated heterocycles. The molecule has 2 amide bonds. The van der Waals surface area contributed by atoms with Crippen molar-refractivity contribution in [2.24, 2.45) is 0 Å². The third kappa shape index (κ3) is 4.13. The Bertz CT molecular complexity index is 738. The second-order valence-corrected chi connectivity index (χ2v) is 5.05. The van der Waals surface area contributed by atoms with Crippen molar-refractivity contribution >= 4 is 11.7 Å². The van der Waals surface area contributed by atoms with E-state index in [1.54, 1.807) is 25.1 Å². The maximum atomic E-state index is 13.6. The Kier molecular flexibility index (Phi) is 5.57. The number of hydrogen-bond acceptors (Lipinski definition) is 3. The summed E-state index contributed by atoms with van der Waals surface area (Å²) >= 11 is 0. The van der Waals surface area contributed by atoms with E-state index in [1.165, 1.54) is 14.2 Å². The molecule has 7 heteroatoms. The summed E-state index contributed by atoms with van der Waals surface area (Å²) in [7, 11) is 3.06. The topological polar surface area (TPSA) is 59.6 Å². The maximum Gasteiger partial charge on any atom is 0.319 e. The van der Waals surface area contributed by atoms with Crippen molar-refractivity contribution in [2.45, 2.75) is 13.0 Å². The molecule has 24 heavy (non-hydrogen) atoms. The zero-order chi connectivity index (χ0) is 17.7. The van der Waals surface area contributed by atoms with Gasteiger partial charge in [0.25, 0.3) is 0 Å². The van der Waals surface area contributed by atoms with Gasteiger partial charge in [0, 0.05) is 11.6 Å². The predicted molar refractivity (Wildman–Crippen MR) is 86.5 cm³/mol. The third-order valence-corrected chi connectivity index (χ3v) is 3.43. The summed E-state index contributed by atoms with van der Waals surface area (Å²) in [6.45, 7) is 1.75. The molecule has 0 saturated carbocycles. The van der Waals surface area contributed by atoms with E-state index in [-0.39, 0.29) is 5.69 Å². The number of urea groups is 1. The molecule has 5 nitrogen and oxygen atoms in total. The molecule has 2 rings (SSSR count). The number of ether oxygens (including phenoxy) is 2. The normalized spacial score (nSPS) is 11.5. The Morgan fingerprint density at radius 3 is 2.46 bits per heavy atom. The van der Waals surface area contributed by atoms with Crippen LogP contribution >= 0.6 is 0 Å². The van der Waals surface area contributed by atoms with Crippen LogP contribution in [0.5, 0.6) is 11.5 Å². The summed E-state index contributed by atoms with van der Waals surface area (Å²) in [5, 5.41) is 5.01. The number of hydrogen-bond donors (Lipinski definition) is 2. The van der Waals surface area contributed by atoms with Gasteiger partial charge in [-0.25, -0.2) is 13.6 Å². The van der Waals surface area contributed by atoms with Crippen molar-refractivity contribution in [1.29, 1.82) is 0 Å². The van der Waals surface area contributed by atoms with Crippen LogP contribution in [-0.2, 0) is 0 Å². The maximum absolute atomic E-state index is 13.6. The van der Waals surface area contributed by atoms with Gasteiger partial charge in [-0.2, -0.15) is 0 Å². The molecule has 2 aromatic rings. The number of benzene rings is 2. The van der Waals surface area contributed by atoms with Gasteiger partial charge in [0.2, 0.25) is 0 Å². The highest BCUT2D eigenvalue weighted by Crippen LogP contribution is 2.29. The van der Waals surface area contributed by atoms with Crippen LogP contribution in [0.25, 0.3) is 0 Å². The van der Waals surface area contributed by atoms with E-state index >= 15 is 0 Å². The Morgan fingerprint density at radius 2 is 1.83 bits per heavy atom. The first-order valence-electron chi connectivity index (χ1n) is 7.19. The largest absolute Gasteiger partial charge is 0.497 e. The molecule has 0 radical (unpaired) electrons. The number of amides is 2. The monoisotopic (exact) mass is 336 g/mol. The number of carbonyl (C=O) groups is 1. The van der Waals surface area contributed by atoms with Gasteiger partial charge in [0.05, 0.1) is 25.9 Å². The summed E-state index contributed by atoms with van der Waals surface area (Å²) in [6.07, 6.45) is 0. The first-order chi connectivity index (χ1) is 11.4. The highest BCUT2D eigenvalue weighted by molar-refractivity contribution is 5.89.